The van der Waals surface area contributed by atoms with Gasteiger partial charge in [0.1, 0.15) is 0 Å². The Kier molecular flexibility index (Phi) is 6.38. The quantitative estimate of drug-likeness (QED) is 0.459. The van der Waals surface area contributed by atoms with Crippen LogP contribution in [-0.4, -0.2) is 24.7 Å². The normalized spacial score (nSPS) is 12.7. The van der Waals surface area contributed by atoms with Crippen LogP contribution in [0.3, 0.4) is 0 Å². The standard InChI is InChI=1S/C14H10F6O4/c15-13(16,17)23-11(21)8-10(12(22)24-14(18,19)20)7-6-9-4-2-1-3-5-9/h1-5,7H,6,8H2. The second-order valence-corrected chi connectivity index (χ2v) is 4.35. The van der Waals surface area contributed by atoms with Gasteiger partial charge >= 0.3 is 24.7 Å². The fourth-order valence-electron chi connectivity index (χ4n) is 1.57. The first-order chi connectivity index (χ1) is 11.0. The van der Waals surface area contributed by atoms with Crippen molar-refractivity contribution in [3.63, 3.8) is 0 Å². The molecule has 24 heavy (non-hydrogen) atoms. The number of benzene rings is 1. The molecule has 4 nitrogen and oxygen atoms in total. The highest BCUT2D eigenvalue weighted by Gasteiger charge is 2.37. The van der Waals surface area contributed by atoms with E-state index in [4.69, 9.17) is 0 Å². The van der Waals surface area contributed by atoms with E-state index in [1.165, 1.54) is 0 Å². The highest BCUT2D eigenvalue weighted by molar-refractivity contribution is 5.94. The Morgan fingerprint density at radius 1 is 0.917 bits per heavy atom. The molecular weight excluding hydrogens is 346 g/mol. The van der Waals surface area contributed by atoms with Gasteiger partial charge in [-0.15, -0.1) is 26.3 Å². The van der Waals surface area contributed by atoms with Crippen LogP contribution >= 0.6 is 0 Å². The van der Waals surface area contributed by atoms with Gasteiger partial charge in [-0.25, -0.2) is 4.79 Å². The van der Waals surface area contributed by atoms with Crippen LogP contribution < -0.4 is 0 Å². The Balaban J connectivity index is 2.90. The van der Waals surface area contributed by atoms with Gasteiger partial charge < -0.3 is 9.47 Å². The van der Waals surface area contributed by atoms with Crippen molar-refractivity contribution in [2.75, 3.05) is 0 Å². The second-order valence-electron chi connectivity index (χ2n) is 4.35. The SMILES string of the molecule is O=C(CC(=CCc1ccccc1)C(=O)OC(F)(F)F)OC(F)(F)F. The molecule has 0 heterocycles. The van der Waals surface area contributed by atoms with Crippen molar-refractivity contribution < 1.29 is 45.4 Å². The third kappa shape index (κ3) is 8.20. The summed E-state index contributed by atoms with van der Waals surface area (Å²) >= 11 is 0. The van der Waals surface area contributed by atoms with E-state index in [1.807, 2.05) is 0 Å². The lowest BCUT2D eigenvalue weighted by Crippen LogP contribution is -2.24. The molecule has 0 atom stereocenters. The summed E-state index contributed by atoms with van der Waals surface area (Å²) in [5.74, 6) is -3.90. The molecule has 0 saturated heterocycles. The minimum atomic E-state index is -5.34. The molecule has 0 fully saturated rings. The molecule has 0 bridgehead atoms. The van der Waals surface area contributed by atoms with E-state index in [-0.39, 0.29) is 6.42 Å². The average Bonchev–Trinajstić information content (AvgIpc) is 2.40. The minimum Gasteiger partial charge on any atom is -0.373 e. The van der Waals surface area contributed by atoms with Gasteiger partial charge in [0.2, 0.25) is 0 Å². The summed E-state index contributed by atoms with van der Waals surface area (Å²) < 4.78 is 78.1. The van der Waals surface area contributed by atoms with Crippen LogP contribution in [0.15, 0.2) is 42.0 Å². The Hall–Kier alpha value is -2.52. The zero-order valence-electron chi connectivity index (χ0n) is 11.8. The van der Waals surface area contributed by atoms with Crippen LogP contribution in [0.1, 0.15) is 12.0 Å². The van der Waals surface area contributed by atoms with Crippen LogP contribution in [0, 0.1) is 0 Å². The first-order valence-corrected chi connectivity index (χ1v) is 6.28. The number of rotatable bonds is 5. The van der Waals surface area contributed by atoms with Gasteiger partial charge in [-0.2, -0.15) is 0 Å². The topological polar surface area (TPSA) is 52.6 Å². The molecular formula is C14H10F6O4. The Bertz CT molecular complexity index is 604. The van der Waals surface area contributed by atoms with Gasteiger partial charge in [0.15, 0.2) is 0 Å². The Morgan fingerprint density at radius 3 is 1.96 bits per heavy atom. The number of carbonyl (C=O) groups is 2. The van der Waals surface area contributed by atoms with Gasteiger partial charge in [-0.3, -0.25) is 4.79 Å². The van der Waals surface area contributed by atoms with E-state index in [0.717, 1.165) is 6.08 Å². The number of alkyl halides is 6. The summed E-state index contributed by atoms with van der Waals surface area (Å²) in [4.78, 5) is 22.5. The van der Waals surface area contributed by atoms with E-state index >= 15 is 0 Å². The number of hydrogen-bond donors (Lipinski definition) is 0. The molecule has 0 unspecified atom stereocenters. The van der Waals surface area contributed by atoms with Gasteiger partial charge in [-0.1, -0.05) is 36.4 Å². The van der Waals surface area contributed by atoms with E-state index in [1.54, 1.807) is 30.3 Å². The zero-order chi connectivity index (χ0) is 18.4. The lowest BCUT2D eigenvalue weighted by Gasteiger charge is -2.11. The average molecular weight is 356 g/mol. The molecule has 0 N–H and O–H groups in total. The predicted molar refractivity (Wildman–Crippen MR) is 67.1 cm³/mol. The van der Waals surface area contributed by atoms with Crippen LogP contribution in [-0.2, 0) is 25.5 Å². The summed E-state index contributed by atoms with van der Waals surface area (Å²) in [5.41, 5.74) is -0.343. The summed E-state index contributed by atoms with van der Waals surface area (Å²) in [7, 11) is 0. The Morgan fingerprint density at radius 2 is 1.46 bits per heavy atom. The molecule has 132 valence electrons. The van der Waals surface area contributed by atoms with Gasteiger partial charge in [0.05, 0.1) is 6.42 Å². The van der Waals surface area contributed by atoms with Crippen LogP contribution in [0.5, 0.6) is 0 Å². The van der Waals surface area contributed by atoms with Crippen molar-refractivity contribution in [2.45, 2.75) is 25.6 Å². The summed E-state index contributed by atoms with van der Waals surface area (Å²) in [5, 5.41) is 0. The van der Waals surface area contributed by atoms with Crippen LogP contribution in [0.25, 0.3) is 0 Å². The van der Waals surface area contributed by atoms with E-state index in [9.17, 15) is 35.9 Å². The molecule has 0 aliphatic carbocycles. The van der Waals surface area contributed by atoms with E-state index < -0.39 is 36.7 Å². The monoisotopic (exact) mass is 356 g/mol. The largest absolute Gasteiger partial charge is 0.575 e. The third-order valence-corrected chi connectivity index (χ3v) is 2.46. The molecule has 0 saturated carbocycles. The number of allylic oxidation sites excluding steroid dienone is 1. The predicted octanol–water partition coefficient (Wildman–Crippen LogP) is 3.67. The third-order valence-electron chi connectivity index (χ3n) is 2.46. The molecule has 0 aromatic heterocycles. The number of halogens is 6. The molecule has 10 heteroatoms. The molecule has 1 aromatic carbocycles. The highest BCUT2D eigenvalue weighted by atomic mass is 19.4. The smallest absolute Gasteiger partial charge is 0.373 e. The second kappa shape index (κ2) is 7.84. The molecule has 0 spiro atoms. The molecule has 0 aliphatic rings. The van der Waals surface area contributed by atoms with E-state index in [2.05, 4.69) is 9.47 Å². The summed E-state index contributed by atoms with van der Waals surface area (Å²) in [6, 6.07) is 8.00. The number of hydrogen-bond acceptors (Lipinski definition) is 4. The van der Waals surface area contributed by atoms with Crippen molar-refractivity contribution in [3.05, 3.63) is 47.5 Å². The summed E-state index contributed by atoms with van der Waals surface area (Å²) in [6.45, 7) is 0. The molecule has 0 aliphatic heterocycles. The maximum Gasteiger partial charge on any atom is 0.575 e. The minimum absolute atomic E-state index is 0.0948. The zero-order valence-corrected chi connectivity index (χ0v) is 11.8. The summed E-state index contributed by atoms with van der Waals surface area (Å²) in [6.07, 6.45) is -11.2. The lowest BCUT2D eigenvalue weighted by atomic mass is 10.1. The maximum absolute atomic E-state index is 12.1. The first-order valence-electron chi connectivity index (χ1n) is 6.28. The first kappa shape index (κ1) is 19.5. The van der Waals surface area contributed by atoms with Crippen LogP contribution in [0.2, 0.25) is 0 Å². The van der Waals surface area contributed by atoms with Gasteiger partial charge in [-0.05, 0) is 12.0 Å². The van der Waals surface area contributed by atoms with Crippen molar-refractivity contribution in [1.82, 2.24) is 0 Å². The van der Waals surface area contributed by atoms with Crippen molar-refractivity contribution in [3.8, 4) is 0 Å². The molecule has 1 aromatic rings. The molecule has 0 amide bonds. The maximum atomic E-state index is 12.1. The fourth-order valence-corrected chi connectivity index (χ4v) is 1.57. The number of esters is 2. The van der Waals surface area contributed by atoms with Gasteiger partial charge in [0.25, 0.3) is 0 Å². The highest BCUT2D eigenvalue weighted by Crippen LogP contribution is 2.22. The van der Waals surface area contributed by atoms with Crippen molar-refractivity contribution >= 4 is 11.9 Å². The van der Waals surface area contributed by atoms with E-state index in [0.29, 0.717) is 5.56 Å². The fraction of sp³-hybridized carbons (Fsp3) is 0.286. The molecule has 0 radical (unpaired) electrons. The van der Waals surface area contributed by atoms with Crippen LogP contribution in [0.4, 0.5) is 26.3 Å². The lowest BCUT2D eigenvalue weighted by molar-refractivity contribution is -0.308. The number of carbonyl (C=O) groups excluding carboxylic acids is 2. The van der Waals surface area contributed by atoms with Gasteiger partial charge in [0, 0.05) is 5.57 Å². The van der Waals surface area contributed by atoms with Crippen molar-refractivity contribution in [1.29, 1.82) is 0 Å². The van der Waals surface area contributed by atoms with Crippen molar-refractivity contribution in [2.24, 2.45) is 0 Å². The number of ether oxygens (including phenoxy) is 2. The molecule has 1 rings (SSSR count). The Labute approximate surface area is 131 Å².